The van der Waals surface area contributed by atoms with Gasteiger partial charge in [0.05, 0.1) is 12.3 Å². The van der Waals surface area contributed by atoms with Crippen LogP contribution in [0.1, 0.15) is 12.6 Å². The minimum absolute atomic E-state index is 0.00238. The number of hydrogen-bond acceptors (Lipinski definition) is 3. The Labute approximate surface area is 114 Å². The smallest absolute Gasteiger partial charge is 0.295 e. The predicted octanol–water partition coefficient (Wildman–Crippen LogP) is 1.67. The molecule has 2 aromatic rings. The molecule has 20 heavy (non-hydrogen) atoms. The van der Waals surface area contributed by atoms with Crippen LogP contribution in [0.3, 0.4) is 0 Å². The summed E-state index contributed by atoms with van der Waals surface area (Å²) in [6.45, 7) is 2.31. The number of rotatable bonds is 4. The second-order valence-electron chi connectivity index (χ2n) is 4.22. The van der Waals surface area contributed by atoms with Gasteiger partial charge in [-0.3, -0.25) is 9.48 Å². The van der Waals surface area contributed by atoms with E-state index in [0.717, 1.165) is 16.8 Å². The summed E-state index contributed by atoms with van der Waals surface area (Å²) in [4.78, 5) is 12.2. The van der Waals surface area contributed by atoms with E-state index in [1.54, 1.807) is 6.92 Å². The molecule has 0 aliphatic rings. The molecule has 5 nitrogen and oxygen atoms in total. The fourth-order valence-electron chi connectivity index (χ4n) is 2.12. The molecule has 7 heteroatoms. The van der Waals surface area contributed by atoms with Crippen LogP contribution in [-0.4, -0.2) is 16.5 Å². The van der Waals surface area contributed by atoms with E-state index in [1.165, 1.54) is 17.9 Å². The van der Waals surface area contributed by atoms with Crippen LogP contribution in [0.25, 0.3) is 5.69 Å². The van der Waals surface area contributed by atoms with Crippen LogP contribution in [0.15, 0.2) is 23.0 Å². The van der Waals surface area contributed by atoms with Gasteiger partial charge in [0.1, 0.15) is 17.2 Å². The largest absolute Gasteiger partial charge is 0.393 e. The number of nitrogen functional groups attached to an aromatic ring is 1. The van der Waals surface area contributed by atoms with Gasteiger partial charge >= 0.3 is 0 Å². The molecule has 0 spiro atoms. The lowest BCUT2D eigenvalue weighted by molar-refractivity contribution is 0.176. The molecule has 0 unspecified atom stereocenters. The Balaban J connectivity index is 2.73. The molecule has 2 N–H and O–H groups in total. The molecule has 0 atom stereocenters. The number of aromatic nitrogens is 2. The van der Waals surface area contributed by atoms with Crippen molar-refractivity contribution >= 4 is 5.69 Å². The van der Waals surface area contributed by atoms with E-state index in [-0.39, 0.29) is 18.0 Å². The zero-order chi connectivity index (χ0) is 14.9. The van der Waals surface area contributed by atoms with Gasteiger partial charge < -0.3 is 10.5 Å². The highest BCUT2D eigenvalue weighted by Gasteiger charge is 2.20. The number of nitrogens with zero attached hydrogens (tertiary/aromatic N) is 2. The molecule has 0 amide bonds. The normalized spacial score (nSPS) is 11.0. The summed E-state index contributed by atoms with van der Waals surface area (Å²) in [6.07, 6.45) is 0. The maximum absolute atomic E-state index is 13.9. The topological polar surface area (TPSA) is 62.2 Å². The second-order valence-corrected chi connectivity index (χ2v) is 4.22. The minimum Gasteiger partial charge on any atom is -0.393 e. The first kappa shape index (κ1) is 14.3. The van der Waals surface area contributed by atoms with Crippen LogP contribution in [-0.2, 0) is 17.9 Å². The Bertz CT molecular complexity index is 692. The van der Waals surface area contributed by atoms with Gasteiger partial charge in [-0.25, -0.2) is 13.5 Å². The van der Waals surface area contributed by atoms with Crippen molar-refractivity contribution in [1.82, 2.24) is 9.36 Å². The number of halogens is 2. The summed E-state index contributed by atoms with van der Waals surface area (Å²) in [5.41, 5.74) is 5.61. The highest BCUT2D eigenvalue weighted by molar-refractivity contribution is 5.45. The number of hydrogen-bond donors (Lipinski definition) is 1. The van der Waals surface area contributed by atoms with Gasteiger partial charge in [-0.1, -0.05) is 0 Å². The van der Waals surface area contributed by atoms with Crippen molar-refractivity contribution < 1.29 is 13.5 Å². The second kappa shape index (κ2) is 5.46. The summed E-state index contributed by atoms with van der Waals surface area (Å²) >= 11 is 0. The van der Waals surface area contributed by atoms with E-state index in [0.29, 0.717) is 12.2 Å². The molecule has 0 saturated heterocycles. The van der Waals surface area contributed by atoms with E-state index in [2.05, 4.69) is 0 Å². The van der Waals surface area contributed by atoms with Gasteiger partial charge in [0.25, 0.3) is 5.56 Å². The molecule has 2 rings (SSSR count). The number of benzene rings is 1. The first-order valence-corrected chi connectivity index (χ1v) is 6.05. The molecule has 0 bridgehead atoms. The van der Waals surface area contributed by atoms with Crippen LogP contribution in [0, 0.1) is 11.6 Å². The van der Waals surface area contributed by atoms with Gasteiger partial charge in [0.2, 0.25) is 0 Å². The van der Waals surface area contributed by atoms with Crippen molar-refractivity contribution in [2.24, 2.45) is 0 Å². The fraction of sp³-hybridized carbons (Fsp3) is 0.308. The SMILES string of the molecule is CCn1c(COC)c(N)c(=O)n1-c1ccc(F)cc1F. The lowest BCUT2D eigenvalue weighted by atomic mass is 10.3. The number of nitrogens with two attached hydrogens (primary N) is 1. The number of ether oxygens (including phenoxy) is 1. The monoisotopic (exact) mass is 283 g/mol. The van der Waals surface area contributed by atoms with E-state index in [9.17, 15) is 13.6 Å². The third-order valence-electron chi connectivity index (χ3n) is 3.01. The molecule has 1 aromatic carbocycles. The first-order chi connectivity index (χ1) is 9.51. The van der Waals surface area contributed by atoms with Gasteiger partial charge in [-0.2, -0.15) is 0 Å². The van der Waals surface area contributed by atoms with E-state index in [1.807, 2.05) is 0 Å². The molecule has 0 fully saturated rings. The standard InChI is InChI=1S/C13H15F2N3O2/c1-3-17-11(7-20-2)12(16)13(19)18(17)10-5-4-8(14)6-9(10)15/h4-6H,3,7,16H2,1-2H3. The fourth-order valence-corrected chi connectivity index (χ4v) is 2.12. The lowest BCUT2D eigenvalue weighted by Gasteiger charge is -2.13. The van der Waals surface area contributed by atoms with Gasteiger partial charge in [-0.15, -0.1) is 0 Å². The number of methoxy groups -OCH3 is 1. The minimum atomic E-state index is -0.830. The average Bonchev–Trinajstić information content (AvgIpc) is 2.64. The Morgan fingerprint density at radius 2 is 2.05 bits per heavy atom. The zero-order valence-electron chi connectivity index (χ0n) is 11.2. The maximum Gasteiger partial charge on any atom is 0.295 e. The molecule has 108 valence electrons. The Morgan fingerprint density at radius 3 is 2.60 bits per heavy atom. The molecule has 1 aromatic heterocycles. The quantitative estimate of drug-likeness (QED) is 0.928. The summed E-state index contributed by atoms with van der Waals surface area (Å²) in [5.74, 6) is -1.54. The van der Waals surface area contributed by atoms with E-state index in [4.69, 9.17) is 10.5 Å². The first-order valence-electron chi connectivity index (χ1n) is 6.05. The van der Waals surface area contributed by atoms with Gasteiger partial charge in [0, 0.05) is 19.7 Å². The Kier molecular flexibility index (Phi) is 3.89. The maximum atomic E-state index is 13.9. The van der Waals surface area contributed by atoms with Crippen LogP contribution in [0.4, 0.5) is 14.5 Å². The molecule has 0 saturated carbocycles. The van der Waals surface area contributed by atoms with E-state index < -0.39 is 17.2 Å². The predicted molar refractivity (Wildman–Crippen MR) is 70.7 cm³/mol. The van der Waals surface area contributed by atoms with Crippen molar-refractivity contribution in [3.63, 3.8) is 0 Å². The molecular formula is C13H15F2N3O2. The highest BCUT2D eigenvalue weighted by atomic mass is 19.1. The van der Waals surface area contributed by atoms with Crippen molar-refractivity contribution in [3.05, 3.63) is 45.9 Å². The van der Waals surface area contributed by atoms with E-state index >= 15 is 0 Å². The Hall–Kier alpha value is -2.15. The molecule has 0 aliphatic heterocycles. The van der Waals surface area contributed by atoms with Crippen LogP contribution in [0.5, 0.6) is 0 Å². The zero-order valence-corrected chi connectivity index (χ0v) is 11.2. The number of anilines is 1. The molecule has 0 aliphatic carbocycles. The summed E-state index contributed by atoms with van der Waals surface area (Å²) < 4.78 is 34.5. The molecular weight excluding hydrogens is 268 g/mol. The van der Waals surface area contributed by atoms with Crippen molar-refractivity contribution in [2.75, 3.05) is 12.8 Å². The van der Waals surface area contributed by atoms with Crippen molar-refractivity contribution in [3.8, 4) is 5.69 Å². The van der Waals surface area contributed by atoms with Crippen LogP contribution in [0.2, 0.25) is 0 Å². The highest BCUT2D eigenvalue weighted by Crippen LogP contribution is 2.18. The average molecular weight is 283 g/mol. The van der Waals surface area contributed by atoms with Gasteiger partial charge in [-0.05, 0) is 19.1 Å². The third kappa shape index (κ3) is 2.20. The van der Waals surface area contributed by atoms with Crippen LogP contribution >= 0.6 is 0 Å². The Morgan fingerprint density at radius 1 is 1.35 bits per heavy atom. The van der Waals surface area contributed by atoms with Gasteiger partial charge in [0.15, 0.2) is 5.82 Å². The summed E-state index contributed by atoms with van der Waals surface area (Å²) in [5, 5.41) is 0. The summed E-state index contributed by atoms with van der Waals surface area (Å²) in [6, 6.07) is 3.01. The third-order valence-corrected chi connectivity index (χ3v) is 3.01. The lowest BCUT2D eigenvalue weighted by Crippen LogP contribution is -2.23. The summed E-state index contributed by atoms with van der Waals surface area (Å²) in [7, 11) is 1.47. The molecule has 0 radical (unpaired) electrons. The molecule has 1 heterocycles. The van der Waals surface area contributed by atoms with Crippen LogP contribution < -0.4 is 11.3 Å². The van der Waals surface area contributed by atoms with Crippen molar-refractivity contribution in [1.29, 1.82) is 0 Å². The van der Waals surface area contributed by atoms with Crippen molar-refractivity contribution in [2.45, 2.75) is 20.1 Å².